The number of carbonyl (C=O) groups is 3. The summed E-state index contributed by atoms with van der Waals surface area (Å²) in [7, 11) is 0. The maximum Gasteiger partial charge on any atom is 0.277 e. The normalized spacial score (nSPS) is 17.6. The Bertz CT molecular complexity index is 773. The summed E-state index contributed by atoms with van der Waals surface area (Å²) in [5.41, 5.74) is 0.892. The van der Waals surface area contributed by atoms with Crippen LogP contribution in [0.4, 0.5) is 5.69 Å². The number of carbonyl (C=O) groups excluding carboxylic acids is 3. The predicted octanol–water partition coefficient (Wildman–Crippen LogP) is -0.594. The molecule has 1 saturated heterocycles. The number of hydrogen-bond acceptors (Lipinski definition) is 7. The van der Waals surface area contributed by atoms with E-state index in [4.69, 9.17) is 9.84 Å². The predicted molar refractivity (Wildman–Crippen MR) is 102 cm³/mol. The minimum atomic E-state index is -0.526. The van der Waals surface area contributed by atoms with Gasteiger partial charge in [-0.2, -0.15) is 0 Å². The highest BCUT2D eigenvalue weighted by molar-refractivity contribution is 6.17. The third-order valence-electron chi connectivity index (χ3n) is 4.59. The monoisotopic (exact) mass is 388 g/mol. The van der Waals surface area contributed by atoms with Crippen LogP contribution in [0.25, 0.3) is 0 Å². The number of rotatable bonds is 8. The van der Waals surface area contributed by atoms with Crippen LogP contribution in [-0.2, 0) is 14.3 Å². The highest BCUT2D eigenvalue weighted by Crippen LogP contribution is 2.20. The highest BCUT2D eigenvalue weighted by atomic mass is 16.5. The number of nitrogens with one attached hydrogen (secondary N) is 2. The van der Waals surface area contributed by atoms with Gasteiger partial charge in [-0.1, -0.05) is 12.1 Å². The molecule has 0 aliphatic carbocycles. The number of morpholine rings is 1. The summed E-state index contributed by atoms with van der Waals surface area (Å²) in [6.07, 6.45) is 1.17. The first-order valence-electron chi connectivity index (χ1n) is 9.23. The molecule has 0 aromatic heterocycles. The number of aliphatic hydroxyl groups excluding tert-OH is 1. The van der Waals surface area contributed by atoms with Gasteiger partial charge >= 0.3 is 0 Å². The quantitative estimate of drug-likeness (QED) is 0.510. The molecule has 0 bridgehead atoms. The summed E-state index contributed by atoms with van der Waals surface area (Å²) in [5, 5.41) is 14.7. The van der Waals surface area contributed by atoms with E-state index < -0.39 is 11.8 Å². The van der Waals surface area contributed by atoms with Gasteiger partial charge in [-0.05, 0) is 12.1 Å². The van der Waals surface area contributed by atoms with Crippen LogP contribution in [0.1, 0.15) is 10.4 Å². The molecule has 0 spiro atoms. The van der Waals surface area contributed by atoms with Gasteiger partial charge < -0.3 is 20.5 Å². The Morgan fingerprint density at radius 3 is 2.64 bits per heavy atom. The van der Waals surface area contributed by atoms with Gasteiger partial charge in [0.15, 0.2) is 0 Å². The fourth-order valence-corrected chi connectivity index (χ4v) is 3.09. The summed E-state index contributed by atoms with van der Waals surface area (Å²) < 4.78 is 5.30. The summed E-state index contributed by atoms with van der Waals surface area (Å²) in [6.45, 7) is 3.97. The van der Waals surface area contributed by atoms with E-state index in [2.05, 4.69) is 15.5 Å². The summed E-state index contributed by atoms with van der Waals surface area (Å²) >= 11 is 0. The Hall–Kier alpha value is -2.75. The molecule has 0 radical (unpaired) electrons. The first-order chi connectivity index (χ1) is 13.6. The standard InChI is InChI=1S/C19H24N4O5/c24-10-7-23-17(25)13-16(19(23)27)21-15-4-2-1-3-14(15)18(26)20-5-6-22-8-11-28-12-9-22/h1-4,13,21,24H,5-12H2,(H,20,26). The average molecular weight is 388 g/mol. The van der Waals surface area contributed by atoms with Crippen molar-refractivity contribution < 1.29 is 24.2 Å². The second kappa shape index (κ2) is 9.45. The second-order valence-corrected chi connectivity index (χ2v) is 6.46. The number of amides is 3. The van der Waals surface area contributed by atoms with Crippen molar-refractivity contribution in [2.45, 2.75) is 0 Å². The number of anilines is 1. The van der Waals surface area contributed by atoms with Crippen molar-refractivity contribution in [2.24, 2.45) is 0 Å². The number of hydrogen-bond donors (Lipinski definition) is 3. The number of para-hydroxylation sites is 1. The maximum atomic E-state index is 12.6. The number of imide groups is 1. The second-order valence-electron chi connectivity index (χ2n) is 6.46. The van der Waals surface area contributed by atoms with E-state index in [9.17, 15) is 14.4 Å². The number of ether oxygens (including phenoxy) is 1. The van der Waals surface area contributed by atoms with Gasteiger partial charge in [-0.15, -0.1) is 0 Å². The molecule has 3 rings (SSSR count). The summed E-state index contributed by atoms with van der Waals surface area (Å²) in [5.74, 6) is -1.28. The van der Waals surface area contributed by atoms with Crippen molar-refractivity contribution in [3.8, 4) is 0 Å². The third-order valence-corrected chi connectivity index (χ3v) is 4.59. The van der Waals surface area contributed by atoms with Gasteiger partial charge in [0.1, 0.15) is 5.70 Å². The van der Waals surface area contributed by atoms with Crippen molar-refractivity contribution in [2.75, 3.05) is 57.9 Å². The molecule has 9 heteroatoms. The number of aliphatic hydroxyl groups is 1. The first kappa shape index (κ1) is 20.0. The van der Waals surface area contributed by atoms with E-state index in [1.54, 1.807) is 24.3 Å². The molecule has 2 aliphatic rings. The lowest BCUT2D eigenvalue weighted by atomic mass is 10.1. The molecule has 9 nitrogen and oxygen atoms in total. The van der Waals surface area contributed by atoms with Gasteiger partial charge in [0, 0.05) is 32.3 Å². The topological polar surface area (TPSA) is 111 Å². The van der Waals surface area contributed by atoms with E-state index in [0.29, 0.717) is 31.0 Å². The van der Waals surface area contributed by atoms with Crippen LogP contribution in [0.5, 0.6) is 0 Å². The van der Waals surface area contributed by atoms with Crippen molar-refractivity contribution in [1.29, 1.82) is 0 Å². The van der Waals surface area contributed by atoms with E-state index >= 15 is 0 Å². The highest BCUT2D eigenvalue weighted by Gasteiger charge is 2.31. The van der Waals surface area contributed by atoms with Crippen LogP contribution < -0.4 is 10.6 Å². The van der Waals surface area contributed by atoms with E-state index in [-0.39, 0.29) is 24.8 Å². The van der Waals surface area contributed by atoms with Crippen molar-refractivity contribution in [3.63, 3.8) is 0 Å². The molecular formula is C19H24N4O5. The zero-order chi connectivity index (χ0) is 19.9. The van der Waals surface area contributed by atoms with Crippen LogP contribution in [0, 0.1) is 0 Å². The molecule has 0 atom stereocenters. The fraction of sp³-hybridized carbons (Fsp3) is 0.421. The molecular weight excluding hydrogens is 364 g/mol. The van der Waals surface area contributed by atoms with Gasteiger partial charge in [-0.25, -0.2) is 0 Å². The zero-order valence-electron chi connectivity index (χ0n) is 15.5. The van der Waals surface area contributed by atoms with Gasteiger partial charge in [0.25, 0.3) is 17.7 Å². The first-order valence-corrected chi connectivity index (χ1v) is 9.23. The Morgan fingerprint density at radius 1 is 1.14 bits per heavy atom. The number of β-amino-alcohol motifs (C(OH)–C–C–N with tert-alkyl or cyclic N) is 1. The maximum absolute atomic E-state index is 12.6. The van der Waals surface area contributed by atoms with E-state index in [1.165, 1.54) is 6.08 Å². The lowest BCUT2D eigenvalue weighted by Crippen LogP contribution is -2.41. The van der Waals surface area contributed by atoms with Crippen molar-refractivity contribution >= 4 is 23.4 Å². The molecule has 1 aromatic carbocycles. The minimum Gasteiger partial charge on any atom is -0.395 e. The van der Waals surface area contributed by atoms with Crippen LogP contribution in [0.15, 0.2) is 36.0 Å². The van der Waals surface area contributed by atoms with Gasteiger partial charge in [0.05, 0.1) is 37.6 Å². The molecule has 2 heterocycles. The van der Waals surface area contributed by atoms with E-state index in [0.717, 1.165) is 24.5 Å². The third kappa shape index (κ3) is 4.75. The SMILES string of the molecule is O=C(NCCN1CCOCC1)c1ccccc1NC1=CC(=O)N(CCO)C1=O. The van der Waals surface area contributed by atoms with Gasteiger partial charge in [-0.3, -0.25) is 24.2 Å². The molecule has 3 amide bonds. The lowest BCUT2D eigenvalue weighted by Gasteiger charge is -2.26. The smallest absolute Gasteiger partial charge is 0.277 e. The summed E-state index contributed by atoms with van der Waals surface area (Å²) in [4.78, 5) is 39.9. The molecule has 3 N–H and O–H groups in total. The zero-order valence-corrected chi connectivity index (χ0v) is 15.5. The summed E-state index contributed by atoms with van der Waals surface area (Å²) in [6, 6.07) is 6.79. The van der Waals surface area contributed by atoms with Crippen LogP contribution >= 0.6 is 0 Å². The van der Waals surface area contributed by atoms with Crippen LogP contribution in [0.3, 0.4) is 0 Å². The molecule has 150 valence electrons. The molecule has 28 heavy (non-hydrogen) atoms. The molecule has 1 fully saturated rings. The molecule has 1 aromatic rings. The minimum absolute atomic E-state index is 0.0664. The molecule has 0 unspecified atom stereocenters. The lowest BCUT2D eigenvalue weighted by molar-refractivity contribution is -0.137. The van der Waals surface area contributed by atoms with E-state index in [1.807, 2.05) is 0 Å². The Morgan fingerprint density at radius 2 is 1.89 bits per heavy atom. The Kier molecular flexibility index (Phi) is 6.75. The number of nitrogens with zero attached hydrogens (tertiary/aromatic N) is 2. The van der Waals surface area contributed by atoms with Crippen LogP contribution in [0.2, 0.25) is 0 Å². The largest absolute Gasteiger partial charge is 0.395 e. The van der Waals surface area contributed by atoms with Gasteiger partial charge in [0.2, 0.25) is 0 Å². The molecule has 2 aliphatic heterocycles. The number of benzene rings is 1. The van der Waals surface area contributed by atoms with Crippen molar-refractivity contribution in [3.05, 3.63) is 41.6 Å². The average Bonchev–Trinajstić information content (AvgIpc) is 2.97. The van der Waals surface area contributed by atoms with Crippen LogP contribution in [-0.4, -0.2) is 85.2 Å². The Balaban J connectivity index is 1.61. The van der Waals surface area contributed by atoms with Crippen molar-refractivity contribution in [1.82, 2.24) is 15.1 Å². The molecule has 0 saturated carbocycles. The fourth-order valence-electron chi connectivity index (χ4n) is 3.09. The Labute approximate surface area is 162 Å².